The minimum atomic E-state index is -0.241. The summed E-state index contributed by atoms with van der Waals surface area (Å²) in [5, 5.41) is 0.553. The van der Waals surface area contributed by atoms with Crippen molar-refractivity contribution in [1.82, 2.24) is 14.6 Å². The normalized spacial score (nSPS) is 10.8. The van der Waals surface area contributed by atoms with Gasteiger partial charge in [-0.15, -0.1) is 0 Å². The third-order valence-corrected chi connectivity index (χ3v) is 4.21. The van der Waals surface area contributed by atoms with E-state index in [1.807, 2.05) is 31.2 Å². The number of rotatable bonds is 2. The first-order chi connectivity index (χ1) is 9.66. The lowest BCUT2D eigenvalue weighted by Crippen LogP contribution is -2.27. The SMILES string of the molecule is Cc1ccc2ncn(N)c(=O)c2c1Sc1ccncc1. The van der Waals surface area contributed by atoms with Gasteiger partial charge in [0.1, 0.15) is 6.33 Å². The fraction of sp³-hybridized carbons (Fsp3) is 0.0714. The van der Waals surface area contributed by atoms with Gasteiger partial charge in [-0.05, 0) is 30.7 Å². The number of hydrogen-bond acceptors (Lipinski definition) is 5. The average Bonchev–Trinajstić information content (AvgIpc) is 2.47. The van der Waals surface area contributed by atoms with Gasteiger partial charge in [-0.3, -0.25) is 9.78 Å². The molecule has 2 heterocycles. The summed E-state index contributed by atoms with van der Waals surface area (Å²) >= 11 is 1.52. The van der Waals surface area contributed by atoms with E-state index in [2.05, 4.69) is 9.97 Å². The molecular formula is C14H12N4OS. The van der Waals surface area contributed by atoms with Gasteiger partial charge in [0.15, 0.2) is 0 Å². The van der Waals surface area contributed by atoms with Gasteiger partial charge in [-0.1, -0.05) is 17.8 Å². The monoisotopic (exact) mass is 284 g/mol. The zero-order valence-electron chi connectivity index (χ0n) is 10.8. The molecule has 0 atom stereocenters. The largest absolute Gasteiger partial charge is 0.335 e. The molecule has 100 valence electrons. The van der Waals surface area contributed by atoms with E-state index in [1.54, 1.807) is 12.4 Å². The first-order valence-electron chi connectivity index (χ1n) is 6.01. The van der Waals surface area contributed by atoms with E-state index in [-0.39, 0.29) is 5.56 Å². The fourth-order valence-electron chi connectivity index (χ4n) is 1.95. The van der Waals surface area contributed by atoms with E-state index in [1.165, 1.54) is 18.1 Å². The smallest absolute Gasteiger partial charge is 0.280 e. The molecule has 0 aliphatic rings. The molecule has 0 saturated heterocycles. The highest BCUT2D eigenvalue weighted by atomic mass is 32.2. The Morgan fingerprint density at radius 1 is 1.20 bits per heavy atom. The van der Waals surface area contributed by atoms with Crippen LogP contribution in [0.2, 0.25) is 0 Å². The minimum absolute atomic E-state index is 0.241. The number of hydrogen-bond donors (Lipinski definition) is 1. The summed E-state index contributed by atoms with van der Waals surface area (Å²) in [5.41, 5.74) is 1.43. The third kappa shape index (κ3) is 2.14. The van der Waals surface area contributed by atoms with Crippen LogP contribution in [0.4, 0.5) is 0 Å². The van der Waals surface area contributed by atoms with Crippen LogP contribution >= 0.6 is 11.8 Å². The van der Waals surface area contributed by atoms with Gasteiger partial charge in [-0.2, -0.15) is 0 Å². The Kier molecular flexibility index (Phi) is 3.15. The first kappa shape index (κ1) is 12.7. The summed E-state index contributed by atoms with van der Waals surface area (Å²) in [6.45, 7) is 1.97. The van der Waals surface area contributed by atoms with Crippen molar-refractivity contribution in [2.45, 2.75) is 16.7 Å². The molecule has 0 saturated carbocycles. The molecule has 2 N–H and O–H groups in total. The number of nitrogen functional groups attached to an aromatic ring is 1. The summed E-state index contributed by atoms with van der Waals surface area (Å²) in [6, 6.07) is 7.60. The number of benzene rings is 1. The quantitative estimate of drug-likeness (QED) is 0.728. The molecule has 0 radical (unpaired) electrons. The average molecular weight is 284 g/mol. The van der Waals surface area contributed by atoms with Crippen LogP contribution in [-0.2, 0) is 0 Å². The summed E-state index contributed by atoms with van der Waals surface area (Å²) in [7, 11) is 0. The van der Waals surface area contributed by atoms with Crippen molar-refractivity contribution < 1.29 is 0 Å². The van der Waals surface area contributed by atoms with Gasteiger partial charge in [0.2, 0.25) is 0 Å². The van der Waals surface area contributed by atoms with Crippen molar-refractivity contribution in [1.29, 1.82) is 0 Å². The van der Waals surface area contributed by atoms with E-state index in [0.29, 0.717) is 10.9 Å². The van der Waals surface area contributed by atoms with Gasteiger partial charge >= 0.3 is 0 Å². The van der Waals surface area contributed by atoms with Crippen molar-refractivity contribution in [3.63, 3.8) is 0 Å². The zero-order chi connectivity index (χ0) is 14.1. The zero-order valence-corrected chi connectivity index (χ0v) is 11.6. The van der Waals surface area contributed by atoms with E-state index >= 15 is 0 Å². The van der Waals surface area contributed by atoms with Crippen LogP contribution in [0.1, 0.15) is 5.56 Å². The standard InChI is InChI=1S/C14H12N4OS/c1-9-2-3-11-12(14(19)18(15)8-17-11)13(9)20-10-4-6-16-7-5-10/h2-8H,15H2,1H3. The Morgan fingerprint density at radius 2 is 1.95 bits per heavy atom. The van der Waals surface area contributed by atoms with E-state index in [0.717, 1.165) is 20.0 Å². The Labute approximate surface area is 119 Å². The molecule has 0 fully saturated rings. The molecule has 6 heteroatoms. The second-order valence-electron chi connectivity index (χ2n) is 4.35. The Bertz CT molecular complexity index is 824. The highest BCUT2D eigenvalue weighted by Gasteiger charge is 2.12. The number of fused-ring (bicyclic) bond motifs is 1. The van der Waals surface area contributed by atoms with Crippen molar-refractivity contribution >= 4 is 22.7 Å². The number of nitrogens with two attached hydrogens (primary N) is 1. The van der Waals surface area contributed by atoms with E-state index < -0.39 is 0 Å². The number of aromatic nitrogens is 3. The Hall–Kier alpha value is -2.34. The Balaban J connectivity index is 2.26. The topological polar surface area (TPSA) is 73.8 Å². The second-order valence-corrected chi connectivity index (χ2v) is 5.43. The number of aryl methyl sites for hydroxylation is 1. The Morgan fingerprint density at radius 3 is 2.70 bits per heavy atom. The molecule has 2 aromatic heterocycles. The molecule has 0 aliphatic carbocycles. The number of nitrogens with zero attached hydrogens (tertiary/aromatic N) is 3. The number of pyridine rings is 1. The van der Waals surface area contributed by atoms with Gasteiger partial charge in [-0.25, -0.2) is 9.66 Å². The molecule has 5 nitrogen and oxygen atoms in total. The molecule has 3 aromatic rings. The highest BCUT2D eigenvalue weighted by Crippen LogP contribution is 2.33. The van der Waals surface area contributed by atoms with Crippen molar-refractivity contribution in [2.75, 3.05) is 5.84 Å². The van der Waals surface area contributed by atoms with Crippen LogP contribution in [0, 0.1) is 6.92 Å². The van der Waals surface area contributed by atoms with E-state index in [4.69, 9.17) is 5.84 Å². The molecule has 0 bridgehead atoms. The van der Waals surface area contributed by atoms with Crippen LogP contribution in [0.15, 0.2) is 57.6 Å². The maximum absolute atomic E-state index is 12.3. The summed E-state index contributed by atoms with van der Waals surface area (Å²) in [5.74, 6) is 5.62. The molecule has 0 aliphatic heterocycles. The minimum Gasteiger partial charge on any atom is -0.335 e. The van der Waals surface area contributed by atoms with Crippen LogP contribution in [-0.4, -0.2) is 14.6 Å². The lowest BCUT2D eigenvalue weighted by molar-refractivity contribution is 0.909. The molecule has 3 rings (SSSR count). The molecule has 0 unspecified atom stereocenters. The summed E-state index contributed by atoms with van der Waals surface area (Å²) in [4.78, 5) is 22.3. The van der Waals surface area contributed by atoms with Crippen LogP contribution < -0.4 is 11.4 Å². The van der Waals surface area contributed by atoms with Crippen LogP contribution in [0.25, 0.3) is 10.9 Å². The maximum atomic E-state index is 12.3. The predicted octanol–water partition coefficient (Wildman–Crippen LogP) is 1.96. The molecule has 0 amide bonds. The lowest BCUT2D eigenvalue weighted by atomic mass is 10.1. The first-order valence-corrected chi connectivity index (χ1v) is 6.82. The summed E-state index contributed by atoms with van der Waals surface area (Å²) < 4.78 is 1.01. The van der Waals surface area contributed by atoms with E-state index in [9.17, 15) is 4.79 Å². The highest BCUT2D eigenvalue weighted by molar-refractivity contribution is 7.99. The predicted molar refractivity (Wildman–Crippen MR) is 79.3 cm³/mol. The van der Waals surface area contributed by atoms with Gasteiger partial charge < -0.3 is 5.84 Å². The van der Waals surface area contributed by atoms with Gasteiger partial charge in [0.25, 0.3) is 5.56 Å². The van der Waals surface area contributed by atoms with Crippen molar-refractivity contribution in [2.24, 2.45) is 0 Å². The molecular weight excluding hydrogens is 272 g/mol. The maximum Gasteiger partial charge on any atom is 0.280 e. The van der Waals surface area contributed by atoms with Gasteiger partial charge in [0.05, 0.1) is 10.9 Å². The van der Waals surface area contributed by atoms with Crippen LogP contribution in [0.5, 0.6) is 0 Å². The molecule has 1 aromatic carbocycles. The van der Waals surface area contributed by atoms with Crippen LogP contribution in [0.3, 0.4) is 0 Å². The lowest BCUT2D eigenvalue weighted by Gasteiger charge is -2.09. The van der Waals surface area contributed by atoms with Crippen molar-refractivity contribution in [3.8, 4) is 0 Å². The fourth-order valence-corrected chi connectivity index (χ4v) is 2.97. The summed E-state index contributed by atoms with van der Waals surface area (Å²) in [6.07, 6.45) is 4.78. The van der Waals surface area contributed by atoms with Gasteiger partial charge in [0, 0.05) is 22.2 Å². The third-order valence-electron chi connectivity index (χ3n) is 2.97. The van der Waals surface area contributed by atoms with Crippen molar-refractivity contribution in [3.05, 3.63) is 58.9 Å². The molecule has 20 heavy (non-hydrogen) atoms. The second kappa shape index (κ2) is 4.97. The molecule has 0 spiro atoms.